The molecule has 88 valence electrons. The van der Waals surface area contributed by atoms with E-state index in [9.17, 15) is 24.5 Å². The molecule has 0 unspecified atom stereocenters. The Kier molecular flexibility index (Phi) is 3.18. The number of Topliss-reactive ketones (excluding diaryl/α,β-unsaturated/α-hetero) is 1. The average molecular weight is 239 g/mol. The number of ketones is 1. The van der Waals surface area contributed by atoms with Gasteiger partial charge in [0.05, 0.1) is 10.5 Å². The third-order valence-electron chi connectivity index (χ3n) is 1.89. The zero-order valence-electron chi connectivity index (χ0n) is 8.11. The molecular weight excluding hydrogens is 234 g/mol. The SMILES string of the molecule is O=C(O)C(=O)c1cccc([N+](=O)[O-])c1C(=O)O. The first-order valence-electron chi connectivity index (χ1n) is 4.14. The fourth-order valence-corrected chi connectivity index (χ4v) is 1.22. The molecule has 0 bridgehead atoms. The van der Waals surface area contributed by atoms with Gasteiger partial charge in [0, 0.05) is 6.07 Å². The van der Waals surface area contributed by atoms with Gasteiger partial charge in [0.25, 0.3) is 11.5 Å². The van der Waals surface area contributed by atoms with Crippen LogP contribution < -0.4 is 0 Å². The molecule has 0 saturated carbocycles. The maximum absolute atomic E-state index is 11.2. The molecule has 1 aromatic rings. The van der Waals surface area contributed by atoms with Gasteiger partial charge in [-0.15, -0.1) is 0 Å². The van der Waals surface area contributed by atoms with Crippen molar-refractivity contribution in [3.63, 3.8) is 0 Å². The van der Waals surface area contributed by atoms with E-state index >= 15 is 0 Å². The standard InChI is InChI=1S/C9H5NO7/c11-7(9(14)15)4-2-1-3-5(10(16)17)6(4)8(12)13/h1-3H,(H,12,13)(H,14,15). The number of hydrogen-bond acceptors (Lipinski definition) is 5. The number of benzene rings is 1. The zero-order valence-corrected chi connectivity index (χ0v) is 8.11. The van der Waals surface area contributed by atoms with Gasteiger partial charge in [-0.1, -0.05) is 6.07 Å². The van der Waals surface area contributed by atoms with Crippen molar-refractivity contribution in [3.05, 3.63) is 39.4 Å². The van der Waals surface area contributed by atoms with Crippen molar-refractivity contribution in [1.82, 2.24) is 0 Å². The summed E-state index contributed by atoms with van der Waals surface area (Å²) < 4.78 is 0. The molecule has 0 atom stereocenters. The third-order valence-corrected chi connectivity index (χ3v) is 1.89. The number of nitrogens with zero attached hydrogens (tertiary/aromatic N) is 1. The first-order chi connectivity index (χ1) is 7.86. The van der Waals surface area contributed by atoms with E-state index in [4.69, 9.17) is 10.2 Å². The van der Waals surface area contributed by atoms with Crippen LogP contribution >= 0.6 is 0 Å². The first-order valence-corrected chi connectivity index (χ1v) is 4.14. The number of hydrogen-bond donors (Lipinski definition) is 2. The first kappa shape index (κ1) is 12.3. The molecule has 0 aliphatic carbocycles. The Morgan fingerprint density at radius 3 is 2.18 bits per heavy atom. The highest BCUT2D eigenvalue weighted by Gasteiger charge is 2.29. The third kappa shape index (κ3) is 2.25. The van der Waals surface area contributed by atoms with Crippen LogP contribution in [0.4, 0.5) is 5.69 Å². The molecule has 0 heterocycles. The number of carbonyl (C=O) groups is 3. The number of aliphatic carboxylic acids is 1. The highest BCUT2D eigenvalue weighted by atomic mass is 16.6. The molecule has 0 spiro atoms. The van der Waals surface area contributed by atoms with Gasteiger partial charge in [0.2, 0.25) is 0 Å². The van der Waals surface area contributed by atoms with E-state index in [0.717, 1.165) is 18.2 Å². The van der Waals surface area contributed by atoms with Crippen LogP contribution in [0.25, 0.3) is 0 Å². The predicted octanol–water partition coefficient (Wildman–Crippen LogP) is 0.560. The largest absolute Gasteiger partial charge is 0.477 e. The lowest BCUT2D eigenvalue weighted by molar-refractivity contribution is -0.385. The van der Waals surface area contributed by atoms with Crippen molar-refractivity contribution < 1.29 is 29.5 Å². The number of carboxylic acids is 2. The van der Waals surface area contributed by atoms with Crippen molar-refractivity contribution in [1.29, 1.82) is 0 Å². The van der Waals surface area contributed by atoms with Crippen molar-refractivity contribution >= 4 is 23.4 Å². The van der Waals surface area contributed by atoms with Gasteiger partial charge in [-0.3, -0.25) is 14.9 Å². The summed E-state index contributed by atoms with van der Waals surface area (Å²) in [6, 6.07) is 2.83. The summed E-state index contributed by atoms with van der Waals surface area (Å²) in [4.78, 5) is 42.0. The lowest BCUT2D eigenvalue weighted by Gasteiger charge is -2.02. The topological polar surface area (TPSA) is 135 Å². The molecule has 1 aromatic carbocycles. The molecule has 8 heteroatoms. The van der Waals surface area contributed by atoms with Gasteiger partial charge in [0.1, 0.15) is 5.56 Å². The average Bonchev–Trinajstić information content (AvgIpc) is 2.26. The van der Waals surface area contributed by atoms with Crippen LogP contribution in [-0.2, 0) is 4.79 Å². The minimum absolute atomic E-state index is 0.723. The highest BCUT2D eigenvalue weighted by Crippen LogP contribution is 2.22. The Balaban J connectivity index is 3.56. The molecular formula is C9H5NO7. The number of carbonyl (C=O) groups excluding carboxylic acids is 1. The summed E-state index contributed by atoms with van der Waals surface area (Å²) in [6.07, 6.45) is 0. The van der Waals surface area contributed by atoms with Gasteiger partial charge in [0.15, 0.2) is 0 Å². The second-order valence-corrected chi connectivity index (χ2v) is 2.90. The summed E-state index contributed by atoms with van der Waals surface area (Å²) in [5.74, 6) is -5.12. The number of nitro groups is 1. The van der Waals surface area contributed by atoms with Crippen molar-refractivity contribution in [2.24, 2.45) is 0 Å². The van der Waals surface area contributed by atoms with Gasteiger partial charge in [-0.05, 0) is 6.07 Å². The normalized spacial score (nSPS) is 9.65. The molecule has 0 aromatic heterocycles. The minimum Gasteiger partial charge on any atom is -0.477 e. The van der Waals surface area contributed by atoms with Gasteiger partial charge in [-0.25, -0.2) is 9.59 Å². The Labute approximate surface area is 93.3 Å². The molecule has 0 aliphatic heterocycles. The van der Waals surface area contributed by atoms with Crippen LogP contribution in [0.15, 0.2) is 18.2 Å². The molecule has 17 heavy (non-hydrogen) atoms. The van der Waals surface area contributed by atoms with Gasteiger partial charge in [-0.2, -0.15) is 0 Å². The van der Waals surface area contributed by atoms with Crippen LogP contribution in [0.2, 0.25) is 0 Å². The van der Waals surface area contributed by atoms with Crippen LogP contribution in [0.1, 0.15) is 20.7 Å². The monoisotopic (exact) mass is 239 g/mol. The number of nitro benzene ring substituents is 1. The van der Waals surface area contributed by atoms with E-state index in [1.54, 1.807) is 0 Å². The maximum Gasteiger partial charge on any atom is 0.377 e. The fraction of sp³-hybridized carbons (Fsp3) is 0. The quantitative estimate of drug-likeness (QED) is 0.339. The predicted molar refractivity (Wildman–Crippen MR) is 52.0 cm³/mol. The van der Waals surface area contributed by atoms with E-state index in [2.05, 4.69) is 0 Å². The zero-order chi connectivity index (χ0) is 13.2. The van der Waals surface area contributed by atoms with Crippen LogP contribution in [0.3, 0.4) is 0 Å². The summed E-state index contributed by atoms with van der Waals surface area (Å²) in [7, 11) is 0. The molecule has 0 radical (unpaired) electrons. The van der Waals surface area contributed by atoms with Crippen molar-refractivity contribution in [2.75, 3.05) is 0 Å². The Morgan fingerprint density at radius 1 is 1.18 bits per heavy atom. The Bertz CT molecular complexity index is 534. The molecule has 1 rings (SSSR count). The van der Waals surface area contributed by atoms with Gasteiger partial charge < -0.3 is 10.2 Å². The number of carboxylic acid groups (broad SMARTS) is 2. The van der Waals surface area contributed by atoms with Crippen LogP contribution in [0, 0.1) is 10.1 Å². The molecule has 0 amide bonds. The molecule has 2 N–H and O–H groups in total. The smallest absolute Gasteiger partial charge is 0.377 e. The summed E-state index contributed by atoms with van der Waals surface area (Å²) in [5, 5.41) is 27.8. The van der Waals surface area contributed by atoms with E-state index in [0.29, 0.717) is 0 Å². The summed E-state index contributed by atoms with van der Waals surface area (Å²) >= 11 is 0. The molecule has 0 fully saturated rings. The Morgan fingerprint density at radius 2 is 1.76 bits per heavy atom. The lowest BCUT2D eigenvalue weighted by atomic mass is 10.0. The van der Waals surface area contributed by atoms with E-state index in [1.165, 1.54) is 0 Å². The van der Waals surface area contributed by atoms with Crippen LogP contribution in [-0.4, -0.2) is 32.9 Å². The molecule has 0 saturated heterocycles. The summed E-state index contributed by atoms with van der Waals surface area (Å²) in [5.41, 5.74) is -2.48. The number of aromatic carboxylic acids is 1. The van der Waals surface area contributed by atoms with E-state index < -0.39 is 39.5 Å². The second kappa shape index (κ2) is 4.39. The summed E-state index contributed by atoms with van der Waals surface area (Å²) in [6.45, 7) is 0. The maximum atomic E-state index is 11.2. The number of rotatable bonds is 4. The minimum atomic E-state index is -1.88. The second-order valence-electron chi connectivity index (χ2n) is 2.90. The van der Waals surface area contributed by atoms with Crippen molar-refractivity contribution in [2.45, 2.75) is 0 Å². The lowest BCUT2D eigenvalue weighted by Crippen LogP contribution is -2.18. The van der Waals surface area contributed by atoms with Gasteiger partial charge >= 0.3 is 11.9 Å². The fourth-order valence-electron chi connectivity index (χ4n) is 1.22. The highest BCUT2D eigenvalue weighted by molar-refractivity contribution is 6.41. The van der Waals surface area contributed by atoms with Crippen molar-refractivity contribution in [3.8, 4) is 0 Å². The van der Waals surface area contributed by atoms with E-state index in [-0.39, 0.29) is 0 Å². The van der Waals surface area contributed by atoms with Crippen LogP contribution in [0.5, 0.6) is 0 Å². The molecule has 8 nitrogen and oxygen atoms in total. The van der Waals surface area contributed by atoms with E-state index in [1.807, 2.05) is 0 Å². The molecule has 0 aliphatic rings. The Hall–Kier alpha value is -2.77.